The topological polar surface area (TPSA) is 73.0 Å². The van der Waals surface area contributed by atoms with E-state index in [9.17, 15) is 9.59 Å². The van der Waals surface area contributed by atoms with Crippen molar-refractivity contribution in [3.05, 3.63) is 45.4 Å². The molecule has 8 heteroatoms. The van der Waals surface area contributed by atoms with E-state index >= 15 is 0 Å². The number of nitrogens with zero attached hydrogens (tertiary/aromatic N) is 5. The summed E-state index contributed by atoms with van der Waals surface area (Å²) in [7, 11) is 1.72. The Morgan fingerprint density at radius 3 is 3.12 bits per heavy atom. The summed E-state index contributed by atoms with van der Waals surface area (Å²) < 4.78 is 3.26. The maximum absolute atomic E-state index is 12.6. The number of thiophene rings is 1. The molecule has 1 atom stereocenters. The van der Waals surface area contributed by atoms with Crippen molar-refractivity contribution in [2.24, 2.45) is 7.05 Å². The van der Waals surface area contributed by atoms with Crippen LogP contribution in [0.5, 0.6) is 0 Å². The van der Waals surface area contributed by atoms with Gasteiger partial charge in [0.05, 0.1) is 18.7 Å². The zero-order valence-corrected chi connectivity index (χ0v) is 14.1. The Bertz CT molecular complexity index is 943. The highest BCUT2D eigenvalue weighted by Gasteiger charge is 2.30. The number of hydrogen-bond acceptors (Lipinski definition) is 5. The van der Waals surface area contributed by atoms with Gasteiger partial charge < -0.3 is 4.90 Å². The van der Waals surface area contributed by atoms with Gasteiger partial charge in [-0.3, -0.25) is 13.9 Å². The Balaban J connectivity index is 1.58. The minimum atomic E-state index is -0.108. The molecule has 24 heavy (non-hydrogen) atoms. The lowest BCUT2D eigenvalue weighted by Gasteiger charge is -2.16. The van der Waals surface area contributed by atoms with Crippen molar-refractivity contribution in [1.29, 1.82) is 0 Å². The Morgan fingerprint density at radius 2 is 2.33 bits per heavy atom. The summed E-state index contributed by atoms with van der Waals surface area (Å²) in [4.78, 5) is 36.2. The molecule has 7 nitrogen and oxygen atoms in total. The van der Waals surface area contributed by atoms with Gasteiger partial charge in [-0.15, -0.1) is 11.3 Å². The van der Waals surface area contributed by atoms with Crippen LogP contribution in [-0.2, 0) is 18.3 Å². The minimum Gasteiger partial charge on any atom is -0.340 e. The maximum atomic E-state index is 12.6. The number of hydrogen-bond donors (Lipinski definition) is 0. The highest BCUT2D eigenvalue weighted by molar-refractivity contribution is 7.10. The highest BCUT2D eigenvalue weighted by atomic mass is 32.1. The third-order valence-corrected chi connectivity index (χ3v) is 5.42. The molecule has 0 aliphatic carbocycles. The van der Waals surface area contributed by atoms with Crippen LogP contribution in [0.1, 0.15) is 17.3 Å². The molecular formula is C16H17N5O2S. The van der Waals surface area contributed by atoms with E-state index in [1.165, 1.54) is 6.33 Å². The van der Waals surface area contributed by atoms with E-state index in [4.69, 9.17) is 0 Å². The number of carbonyl (C=O) groups is 1. The van der Waals surface area contributed by atoms with E-state index in [1.807, 2.05) is 22.4 Å². The third kappa shape index (κ3) is 2.43. The van der Waals surface area contributed by atoms with Crippen LogP contribution in [-0.4, -0.2) is 43.0 Å². The number of carbonyl (C=O) groups excluding carboxylic acids is 1. The number of amides is 1. The van der Waals surface area contributed by atoms with Crippen LogP contribution < -0.4 is 5.69 Å². The number of imidazole rings is 1. The Kier molecular flexibility index (Phi) is 3.68. The first-order valence-corrected chi connectivity index (χ1v) is 8.70. The molecule has 0 spiro atoms. The van der Waals surface area contributed by atoms with Crippen molar-refractivity contribution in [3.8, 4) is 0 Å². The van der Waals surface area contributed by atoms with E-state index in [0.717, 1.165) is 11.3 Å². The van der Waals surface area contributed by atoms with E-state index in [1.54, 1.807) is 33.7 Å². The summed E-state index contributed by atoms with van der Waals surface area (Å²) in [6.45, 7) is 1.22. The van der Waals surface area contributed by atoms with Gasteiger partial charge in [-0.05, 0) is 17.9 Å². The molecule has 1 amide bonds. The maximum Gasteiger partial charge on any atom is 0.330 e. The number of aromatic nitrogens is 4. The summed E-state index contributed by atoms with van der Waals surface area (Å²) in [6, 6.07) is 3.89. The molecule has 0 unspecified atom stereocenters. The molecule has 0 radical (unpaired) electrons. The van der Waals surface area contributed by atoms with Crippen LogP contribution in [0.15, 0.2) is 34.8 Å². The summed E-state index contributed by atoms with van der Waals surface area (Å²) in [6.07, 6.45) is 4.29. The van der Waals surface area contributed by atoms with Crippen molar-refractivity contribution in [3.63, 3.8) is 0 Å². The standard InChI is InChI=1S/C16H17N5O2S/c1-19-13-8-17-10-18-15(13)21(16(19)23)11-4-5-20(9-11)14(22)7-12-3-2-6-24-12/h2-3,6,8,10-11H,4-5,7,9H2,1H3/t11-/m1/s1. The number of likely N-dealkylation sites (tertiary alicyclic amines) is 1. The fraction of sp³-hybridized carbons (Fsp3) is 0.375. The molecular weight excluding hydrogens is 326 g/mol. The molecule has 3 aromatic heterocycles. The van der Waals surface area contributed by atoms with Crippen molar-refractivity contribution in [2.75, 3.05) is 13.1 Å². The molecule has 124 valence electrons. The molecule has 1 aliphatic rings. The first-order chi connectivity index (χ1) is 11.6. The highest BCUT2D eigenvalue weighted by Crippen LogP contribution is 2.24. The van der Waals surface area contributed by atoms with Gasteiger partial charge in [0.2, 0.25) is 5.91 Å². The Hall–Kier alpha value is -2.48. The summed E-state index contributed by atoms with van der Waals surface area (Å²) in [5, 5.41) is 1.98. The zero-order valence-electron chi connectivity index (χ0n) is 13.3. The van der Waals surface area contributed by atoms with Gasteiger partial charge in [-0.1, -0.05) is 6.07 Å². The fourth-order valence-corrected chi connectivity index (χ4v) is 3.97. The van der Waals surface area contributed by atoms with Crippen LogP contribution in [0.25, 0.3) is 11.2 Å². The van der Waals surface area contributed by atoms with Gasteiger partial charge in [0.25, 0.3) is 0 Å². The first kappa shape index (κ1) is 15.1. The first-order valence-electron chi connectivity index (χ1n) is 7.82. The van der Waals surface area contributed by atoms with Gasteiger partial charge >= 0.3 is 5.69 Å². The fourth-order valence-electron chi connectivity index (χ4n) is 3.28. The lowest BCUT2D eigenvalue weighted by Crippen LogP contribution is -2.32. The molecule has 0 saturated carbocycles. The van der Waals surface area contributed by atoms with Gasteiger partial charge in [-0.2, -0.15) is 0 Å². The van der Waals surface area contributed by atoms with Crippen LogP contribution in [0, 0.1) is 0 Å². The van der Waals surface area contributed by atoms with Gasteiger partial charge in [-0.25, -0.2) is 14.8 Å². The molecule has 0 bridgehead atoms. The largest absolute Gasteiger partial charge is 0.340 e. The predicted octanol–water partition coefficient (Wildman–Crippen LogP) is 1.21. The normalized spacial score (nSPS) is 17.7. The second-order valence-corrected chi connectivity index (χ2v) is 7.01. The van der Waals surface area contributed by atoms with Crippen molar-refractivity contribution in [1.82, 2.24) is 24.0 Å². The van der Waals surface area contributed by atoms with Crippen molar-refractivity contribution in [2.45, 2.75) is 18.9 Å². The summed E-state index contributed by atoms with van der Waals surface area (Å²) in [5.41, 5.74) is 1.24. The molecule has 0 N–H and O–H groups in total. The predicted molar refractivity (Wildman–Crippen MR) is 91.0 cm³/mol. The number of fused-ring (bicyclic) bond motifs is 1. The molecule has 1 saturated heterocycles. The summed E-state index contributed by atoms with van der Waals surface area (Å²) in [5.74, 6) is 0.114. The average Bonchev–Trinajstić information content (AvgIpc) is 3.30. The second-order valence-electron chi connectivity index (χ2n) is 5.98. The Labute approximate surface area is 142 Å². The SMILES string of the molecule is Cn1c(=O)n([C@@H]2CCN(C(=O)Cc3cccs3)C2)c2ncncc21. The molecule has 0 aromatic carbocycles. The monoisotopic (exact) mass is 343 g/mol. The lowest BCUT2D eigenvalue weighted by atomic mass is 10.2. The van der Waals surface area contributed by atoms with Gasteiger partial charge in [0, 0.05) is 25.0 Å². The third-order valence-electron chi connectivity index (χ3n) is 4.54. The van der Waals surface area contributed by atoms with Crippen molar-refractivity contribution < 1.29 is 4.79 Å². The van der Waals surface area contributed by atoms with Crippen LogP contribution in [0.2, 0.25) is 0 Å². The average molecular weight is 343 g/mol. The lowest BCUT2D eigenvalue weighted by molar-refractivity contribution is -0.129. The molecule has 4 rings (SSSR count). The number of rotatable bonds is 3. The van der Waals surface area contributed by atoms with Crippen molar-refractivity contribution >= 4 is 28.4 Å². The molecule has 4 heterocycles. The van der Waals surface area contributed by atoms with Crippen LogP contribution >= 0.6 is 11.3 Å². The number of aryl methyl sites for hydroxylation is 1. The molecule has 1 fully saturated rings. The van der Waals surface area contributed by atoms with Gasteiger partial charge in [0.1, 0.15) is 11.8 Å². The van der Waals surface area contributed by atoms with Gasteiger partial charge in [0.15, 0.2) is 5.65 Å². The van der Waals surface area contributed by atoms with E-state index in [0.29, 0.717) is 30.7 Å². The molecule has 3 aromatic rings. The zero-order chi connectivity index (χ0) is 16.7. The Morgan fingerprint density at radius 1 is 1.46 bits per heavy atom. The second kappa shape index (κ2) is 5.86. The van der Waals surface area contributed by atoms with Crippen LogP contribution in [0.3, 0.4) is 0 Å². The minimum absolute atomic E-state index is 0.0385. The molecule has 1 aliphatic heterocycles. The quantitative estimate of drug-likeness (QED) is 0.716. The van der Waals surface area contributed by atoms with E-state index < -0.39 is 0 Å². The van der Waals surface area contributed by atoms with E-state index in [-0.39, 0.29) is 17.6 Å². The summed E-state index contributed by atoms with van der Waals surface area (Å²) >= 11 is 1.59. The van der Waals surface area contributed by atoms with Crippen LogP contribution in [0.4, 0.5) is 0 Å². The smallest absolute Gasteiger partial charge is 0.330 e. The van der Waals surface area contributed by atoms with E-state index in [2.05, 4.69) is 9.97 Å².